The van der Waals surface area contributed by atoms with Crippen LogP contribution in [0.3, 0.4) is 0 Å². The fourth-order valence-corrected chi connectivity index (χ4v) is 12.4. The average molecular weight is 1240 g/mol. The molecule has 0 fully saturated rings. The summed E-state index contributed by atoms with van der Waals surface area (Å²) in [5.41, 5.74) is 13.0. The summed E-state index contributed by atoms with van der Waals surface area (Å²) in [6.45, 7) is 1.21. The number of hydrogen-bond donors (Lipinski definition) is 2. The van der Waals surface area contributed by atoms with Gasteiger partial charge in [-0.3, -0.25) is 9.59 Å². The summed E-state index contributed by atoms with van der Waals surface area (Å²) in [5.74, 6) is -3.40. The molecule has 4 aromatic heterocycles. The zero-order valence-electron chi connectivity index (χ0n) is 50.3. The predicted octanol–water partition coefficient (Wildman–Crippen LogP) is 1.58. The molecule has 2 aliphatic rings. The average Bonchev–Trinajstić information content (AvgIpc) is 1.47. The molecule has 444 valence electrons. The van der Waals surface area contributed by atoms with Gasteiger partial charge in [-0.25, -0.2) is 20.2 Å². The molecule has 0 radical (unpaired) electrons. The molecule has 0 bridgehead atoms. The van der Waals surface area contributed by atoms with Crippen LogP contribution in [0.1, 0.15) is 80.1 Å². The van der Waals surface area contributed by atoms with Crippen molar-refractivity contribution in [1.82, 2.24) is 70.2 Å². The Labute approximate surface area is 573 Å². The van der Waals surface area contributed by atoms with E-state index in [0.717, 1.165) is 66.8 Å². The van der Waals surface area contributed by atoms with Crippen LogP contribution in [0.4, 0.5) is 0 Å². The summed E-state index contributed by atoms with van der Waals surface area (Å²) in [7, 11) is 0. The van der Waals surface area contributed by atoms with Crippen molar-refractivity contribution in [3.63, 3.8) is 0 Å². The molecule has 2 N–H and O–H groups in total. The van der Waals surface area contributed by atoms with Crippen molar-refractivity contribution < 1.29 is 88.5 Å². The third kappa shape index (κ3) is 13.3. The molecule has 22 heteroatoms. The number of imidazole rings is 2. The number of aromatic amines is 2. The van der Waals surface area contributed by atoms with Crippen LogP contribution in [0.5, 0.6) is 0 Å². The Bertz CT molecular complexity index is 4100. The quantitative estimate of drug-likeness (QED) is 0.130. The van der Waals surface area contributed by atoms with E-state index < -0.39 is 35.9 Å². The van der Waals surface area contributed by atoms with Gasteiger partial charge in [-0.05, 0) is 76.5 Å². The molecule has 14 rings (SSSR count). The number of H-pyrrole nitrogens is 2. The van der Waals surface area contributed by atoms with Gasteiger partial charge in [0.05, 0.1) is 59.2 Å². The van der Waals surface area contributed by atoms with Gasteiger partial charge < -0.3 is 38.7 Å². The normalized spacial score (nSPS) is 14.0. The van der Waals surface area contributed by atoms with Crippen LogP contribution in [-0.2, 0) is 45.1 Å². The minimum absolute atomic E-state index is 0. The Morgan fingerprint density at radius 1 is 0.424 bits per heavy atom. The number of carbonyl (C=O) groups is 4. The van der Waals surface area contributed by atoms with Crippen LogP contribution in [-0.4, -0.2) is 107 Å². The molecule has 2 unspecified atom stereocenters. The predicted molar refractivity (Wildman–Crippen MR) is 329 cm³/mol. The van der Waals surface area contributed by atoms with Crippen molar-refractivity contribution >= 4 is 23.8 Å². The first kappa shape index (κ1) is 63.8. The zero-order valence-corrected chi connectivity index (χ0v) is 54.3. The number of carbonyl (C=O) groups excluding carboxylic acids is 4. The second-order valence-corrected chi connectivity index (χ2v) is 21.9. The SMILES string of the molecule is O=C([O-])C1c2c(ncn2Cc2ccc(-c3ccccc3-c3nnn[nH]3)cc2)CCN1C(=O)C(c1ccccc1)c1ccccc1.O=C([O-])C1c2c(ncn2Cc2ccc(-c3ccccc3-c3nnn[nH]3)cc2)CCN1C(=O)C(c1ccccc1)c1ccccc1.[Na+].[Na+]. The van der Waals surface area contributed by atoms with Gasteiger partial charge in [-0.1, -0.05) is 218 Å². The van der Waals surface area contributed by atoms with Gasteiger partial charge in [0.2, 0.25) is 11.8 Å². The summed E-state index contributed by atoms with van der Waals surface area (Å²) in [4.78, 5) is 66.2. The van der Waals surface area contributed by atoms with Crippen LogP contribution in [0.15, 0.2) is 231 Å². The van der Waals surface area contributed by atoms with E-state index in [4.69, 9.17) is 0 Å². The topological polar surface area (TPSA) is 265 Å². The molecule has 0 spiro atoms. The van der Waals surface area contributed by atoms with Crippen LogP contribution in [0, 0.1) is 0 Å². The molecule has 0 aliphatic carbocycles. The van der Waals surface area contributed by atoms with Crippen molar-refractivity contribution in [3.05, 3.63) is 287 Å². The number of carboxylic acid groups (broad SMARTS) is 2. The number of fused-ring (bicyclic) bond motifs is 2. The molecule has 0 saturated carbocycles. The Morgan fingerprint density at radius 2 is 0.739 bits per heavy atom. The third-order valence-electron chi connectivity index (χ3n) is 16.6. The van der Waals surface area contributed by atoms with Gasteiger partial charge in [0.1, 0.15) is 12.1 Å². The number of hydrogen-bond acceptors (Lipinski definition) is 14. The van der Waals surface area contributed by atoms with E-state index in [9.17, 15) is 29.4 Å². The van der Waals surface area contributed by atoms with Gasteiger partial charge in [-0.2, -0.15) is 0 Å². The number of aromatic nitrogens is 12. The molecule has 2 aliphatic heterocycles. The van der Waals surface area contributed by atoms with Crippen molar-refractivity contribution in [2.75, 3.05) is 13.1 Å². The van der Waals surface area contributed by atoms with Crippen LogP contribution in [0.2, 0.25) is 0 Å². The summed E-state index contributed by atoms with van der Waals surface area (Å²) in [5, 5.41) is 54.1. The van der Waals surface area contributed by atoms with Crippen LogP contribution >= 0.6 is 0 Å². The van der Waals surface area contributed by atoms with E-state index in [1.54, 1.807) is 12.7 Å². The van der Waals surface area contributed by atoms with Gasteiger partial charge in [0.25, 0.3) is 0 Å². The van der Waals surface area contributed by atoms with E-state index in [2.05, 4.69) is 51.2 Å². The number of benzene rings is 8. The van der Waals surface area contributed by atoms with E-state index in [-0.39, 0.29) is 84.0 Å². The number of carboxylic acids is 2. The van der Waals surface area contributed by atoms with Crippen molar-refractivity contribution in [2.45, 2.75) is 49.9 Å². The first-order chi connectivity index (χ1) is 44.2. The maximum atomic E-state index is 14.3. The van der Waals surface area contributed by atoms with Crippen molar-refractivity contribution in [3.8, 4) is 45.0 Å². The first-order valence-electron chi connectivity index (χ1n) is 29.3. The molecule has 0 saturated heterocycles. The summed E-state index contributed by atoms with van der Waals surface area (Å²) in [6.07, 6.45) is 4.20. The molecule has 2 amide bonds. The molecular weight excluding hydrogens is 1180 g/mol. The number of tetrazole rings is 2. The molecule has 8 aromatic carbocycles. The van der Waals surface area contributed by atoms with Gasteiger partial charge >= 0.3 is 59.1 Å². The van der Waals surface area contributed by atoms with Gasteiger partial charge in [0, 0.05) is 50.1 Å². The number of aliphatic carboxylic acids is 2. The first-order valence-corrected chi connectivity index (χ1v) is 29.3. The number of rotatable bonds is 16. The molecular formula is C70H56N14Na2O6. The Kier molecular flexibility index (Phi) is 20.1. The molecule has 12 aromatic rings. The van der Waals surface area contributed by atoms with E-state index >= 15 is 0 Å². The second kappa shape index (κ2) is 29.0. The minimum atomic E-state index is -1.33. The maximum absolute atomic E-state index is 14.3. The molecule has 92 heavy (non-hydrogen) atoms. The standard InChI is InChI=1S/2C35H29N7O3.2Na/c2*43-34(30(25-9-3-1-4-10-25)26-11-5-2-6-12-26)42-20-19-29-31(32(42)35(44)45)41(22-36-29)21-23-15-17-24(18-16-23)27-13-7-8-14-28(27)33-37-39-40-38-33;;/h2*1-18,22,30,32H,19-21H2,(H,44,45)(H,37,38,39,40);;/q;;2*+1/p-2. The fourth-order valence-electron chi connectivity index (χ4n) is 12.4. The molecule has 2 atom stereocenters. The minimum Gasteiger partial charge on any atom is -0.547 e. The molecule has 20 nitrogen and oxygen atoms in total. The van der Waals surface area contributed by atoms with Crippen molar-refractivity contribution in [1.29, 1.82) is 0 Å². The fraction of sp³-hybridized carbons (Fsp3) is 0.143. The summed E-state index contributed by atoms with van der Waals surface area (Å²) in [6, 6.07) is 67.0. The second-order valence-electron chi connectivity index (χ2n) is 21.9. The Morgan fingerprint density at radius 3 is 1.04 bits per heavy atom. The third-order valence-corrected chi connectivity index (χ3v) is 16.6. The van der Waals surface area contributed by atoms with Gasteiger partial charge in [0.15, 0.2) is 11.6 Å². The number of nitrogens with zero attached hydrogens (tertiary/aromatic N) is 12. The number of amides is 2. The monoisotopic (exact) mass is 1230 g/mol. The Balaban J connectivity index is 0.000000184. The van der Waals surface area contributed by atoms with E-state index in [1.165, 1.54) is 9.80 Å². The number of nitrogens with one attached hydrogen (secondary N) is 2. The van der Waals surface area contributed by atoms with Crippen LogP contribution < -0.4 is 69.3 Å². The smallest absolute Gasteiger partial charge is 0.547 e. The largest absolute Gasteiger partial charge is 1.00 e. The summed E-state index contributed by atoms with van der Waals surface area (Å²) < 4.78 is 3.64. The Hall–Kier alpha value is -9.80. The van der Waals surface area contributed by atoms with Gasteiger partial charge in [-0.15, -0.1) is 10.2 Å². The van der Waals surface area contributed by atoms with Crippen molar-refractivity contribution in [2.24, 2.45) is 0 Å². The molecule has 6 heterocycles. The van der Waals surface area contributed by atoms with Crippen LogP contribution in [0.25, 0.3) is 45.0 Å². The van der Waals surface area contributed by atoms with E-state index in [0.29, 0.717) is 60.4 Å². The summed E-state index contributed by atoms with van der Waals surface area (Å²) >= 11 is 0. The maximum Gasteiger partial charge on any atom is 1.00 e. The van der Waals surface area contributed by atoms with E-state index in [1.807, 2.05) is 228 Å². The zero-order chi connectivity index (χ0) is 61.5.